The van der Waals surface area contributed by atoms with Crippen LogP contribution in [0.15, 0.2) is 42.5 Å². The second-order valence-corrected chi connectivity index (χ2v) is 6.90. The van der Waals surface area contributed by atoms with Crippen molar-refractivity contribution in [1.29, 1.82) is 0 Å². The number of aryl methyl sites for hydroxylation is 1. The maximum Gasteiger partial charge on any atom is 0.255 e. The van der Waals surface area contributed by atoms with Crippen LogP contribution >= 0.6 is 24.0 Å². The SMILES string of the molecule is Cl.Nc1ccccc1CCC(=O)N1CCN(C(=O)c2ccc(F)cc2Cl)CC1. The van der Waals surface area contributed by atoms with E-state index in [0.29, 0.717) is 44.7 Å². The van der Waals surface area contributed by atoms with Crippen LogP contribution in [0.4, 0.5) is 10.1 Å². The number of carbonyl (C=O) groups excluding carboxylic acids is 2. The van der Waals surface area contributed by atoms with E-state index in [1.165, 1.54) is 12.1 Å². The van der Waals surface area contributed by atoms with Gasteiger partial charge in [-0.3, -0.25) is 9.59 Å². The smallest absolute Gasteiger partial charge is 0.255 e. The van der Waals surface area contributed by atoms with E-state index in [2.05, 4.69) is 0 Å². The second kappa shape index (κ2) is 9.75. The number of rotatable bonds is 4. The third kappa shape index (κ3) is 5.14. The van der Waals surface area contributed by atoms with Gasteiger partial charge in [0.15, 0.2) is 0 Å². The summed E-state index contributed by atoms with van der Waals surface area (Å²) in [6.07, 6.45) is 0.974. The fourth-order valence-electron chi connectivity index (χ4n) is 3.15. The van der Waals surface area contributed by atoms with Gasteiger partial charge in [0, 0.05) is 38.3 Å². The number of nitrogen functional groups attached to an aromatic ring is 1. The molecule has 2 aromatic carbocycles. The number of amides is 2. The maximum atomic E-state index is 13.2. The molecule has 150 valence electrons. The van der Waals surface area contributed by atoms with Crippen molar-refractivity contribution in [3.8, 4) is 0 Å². The quantitative estimate of drug-likeness (QED) is 0.763. The third-order valence-electron chi connectivity index (χ3n) is 4.74. The summed E-state index contributed by atoms with van der Waals surface area (Å²) in [5.74, 6) is -0.680. The largest absolute Gasteiger partial charge is 0.399 e. The van der Waals surface area contributed by atoms with Crippen LogP contribution in [0.3, 0.4) is 0 Å². The van der Waals surface area contributed by atoms with Gasteiger partial charge in [-0.1, -0.05) is 29.8 Å². The summed E-state index contributed by atoms with van der Waals surface area (Å²) in [5.41, 5.74) is 7.84. The van der Waals surface area contributed by atoms with Gasteiger partial charge in [0.1, 0.15) is 5.82 Å². The minimum atomic E-state index is -0.481. The minimum absolute atomic E-state index is 0. The highest BCUT2D eigenvalue weighted by Crippen LogP contribution is 2.20. The molecule has 0 atom stereocenters. The molecule has 0 radical (unpaired) electrons. The van der Waals surface area contributed by atoms with Crippen molar-refractivity contribution >= 4 is 41.5 Å². The lowest BCUT2D eigenvalue weighted by molar-refractivity contribution is -0.132. The molecular weight excluding hydrogens is 404 g/mol. The van der Waals surface area contributed by atoms with Crippen molar-refractivity contribution in [1.82, 2.24) is 9.80 Å². The number of hydrogen-bond donors (Lipinski definition) is 1. The van der Waals surface area contributed by atoms with Crippen molar-refractivity contribution in [3.05, 3.63) is 64.4 Å². The first-order valence-electron chi connectivity index (χ1n) is 8.81. The molecule has 28 heavy (non-hydrogen) atoms. The average molecular weight is 426 g/mol. The van der Waals surface area contributed by atoms with Gasteiger partial charge >= 0.3 is 0 Å². The highest BCUT2D eigenvalue weighted by molar-refractivity contribution is 6.33. The van der Waals surface area contributed by atoms with Gasteiger partial charge in [-0.25, -0.2) is 4.39 Å². The molecule has 2 aromatic rings. The number of hydrogen-bond acceptors (Lipinski definition) is 3. The van der Waals surface area contributed by atoms with Gasteiger partial charge in [0.25, 0.3) is 5.91 Å². The summed E-state index contributed by atoms with van der Waals surface area (Å²) in [4.78, 5) is 28.4. The zero-order valence-electron chi connectivity index (χ0n) is 15.2. The van der Waals surface area contributed by atoms with E-state index < -0.39 is 5.82 Å². The van der Waals surface area contributed by atoms with Gasteiger partial charge in [-0.15, -0.1) is 12.4 Å². The van der Waals surface area contributed by atoms with E-state index >= 15 is 0 Å². The Labute approximate surface area is 174 Å². The summed E-state index contributed by atoms with van der Waals surface area (Å²) >= 11 is 5.97. The summed E-state index contributed by atoms with van der Waals surface area (Å²) in [6, 6.07) is 11.3. The summed E-state index contributed by atoms with van der Waals surface area (Å²) in [6.45, 7) is 1.78. The number of para-hydroxylation sites is 1. The molecule has 1 saturated heterocycles. The Kier molecular flexibility index (Phi) is 7.66. The molecule has 0 unspecified atom stereocenters. The molecule has 3 rings (SSSR count). The topological polar surface area (TPSA) is 66.6 Å². The second-order valence-electron chi connectivity index (χ2n) is 6.50. The molecule has 0 aromatic heterocycles. The van der Waals surface area contributed by atoms with Crippen LogP contribution in [-0.2, 0) is 11.2 Å². The molecule has 8 heteroatoms. The predicted molar refractivity (Wildman–Crippen MR) is 110 cm³/mol. The highest BCUT2D eigenvalue weighted by atomic mass is 35.5. The van der Waals surface area contributed by atoms with E-state index in [1.54, 1.807) is 9.80 Å². The van der Waals surface area contributed by atoms with E-state index in [9.17, 15) is 14.0 Å². The fraction of sp³-hybridized carbons (Fsp3) is 0.300. The molecule has 2 N–H and O–H groups in total. The van der Waals surface area contributed by atoms with E-state index in [1.807, 2.05) is 24.3 Å². The van der Waals surface area contributed by atoms with Crippen LogP contribution in [0, 0.1) is 5.82 Å². The van der Waals surface area contributed by atoms with Crippen molar-refractivity contribution < 1.29 is 14.0 Å². The predicted octanol–water partition coefficient (Wildman–Crippen LogP) is 3.40. The number of carbonyl (C=O) groups is 2. The number of nitrogens with two attached hydrogens (primary N) is 1. The molecule has 1 heterocycles. The van der Waals surface area contributed by atoms with Crippen LogP contribution in [0.5, 0.6) is 0 Å². The molecule has 1 aliphatic rings. The van der Waals surface area contributed by atoms with Crippen LogP contribution in [0.1, 0.15) is 22.3 Å². The molecule has 0 aliphatic carbocycles. The lowest BCUT2D eigenvalue weighted by atomic mass is 10.1. The van der Waals surface area contributed by atoms with Gasteiger partial charge in [-0.05, 0) is 36.2 Å². The maximum absolute atomic E-state index is 13.2. The molecule has 2 amide bonds. The summed E-state index contributed by atoms with van der Waals surface area (Å²) < 4.78 is 13.2. The first-order chi connectivity index (χ1) is 13.0. The Morgan fingerprint density at radius 3 is 2.32 bits per heavy atom. The van der Waals surface area contributed by atoms with Crippen molar-refractivity contribution in [2.45, 2.75) is 12.8 Å². The van der Waals surface area contributed by atoms with Gasteiger partial charge < -0.3 is 15.5 Å². The van der Waals surface area contributed by atoms with Crippen molar-refractivity contribution in [2.24, 2.45) is 0 Å². The molecule has 0 spiro atoms. The van der Waals surface area contributed by atoms with E-state index in [-0.39, 0.29) is 34.8 Å². The summed E-state index contributed by atoms with van der Waals surface area (Å²) in [7, 11) is 0. The first kappa shape index (κ1) is 22.0. The molecular formula is C20H22Cl2FN3O2. The Balaban J connectivity index is 0.00000280. The standard InChI is InChI=1S/C20H21ClFN3O2.ClH/c21-17-13-15(22)6-7-16(17)20(27)25-11-9-24(10-12-25)19(26)8-5-14-3-1-2-4-18(14)23;/h1-4,6-7,13H,5,8-12,23H2;1H. The zero-order valence-corrected chi connectivity index (χ0v) is 16.8. The number of nitrogens with zero attached hydrogens (tertiary/aromatic N) is 2. The fourth-order valence-corrected chi connectivity index (χ4v) is 3.40. The molecule has 1 fully saturated rings. The monoisotopic (exact) mass is 425 g/mol. The number of benzene rings is 2. The number of halogens is 3. The van der Waals surface area contributed by atoms with Crippen LogP contribution in [-0.4, -0.2) is 47.8 Å². The van der Waals surface area contributed by atoms with Crippen molar-refractivity contribution in [3.63, 3.8) is 0 Å². The highest BCUT2D eigenvalue weighted by Gasteiger charge is 2.25. The lowest BCUT2D eigenvalue weighted by Gasteiger charge is -2.35. The Morgan fingerprint density at radius 1 is 1.04 bits per heavy atom. The molecule has 0 bridgehead atoms. The van der Waals surface area contributed by atoms with Crippen molar-refractivity contribution in [2.75, 3.05) is 31.9 Å². The Hall–Kier alpha value is -2.31. The van der Waals surface area contributed by atoms with E-state index in [0.717, 1.165) is 11.6 Å². The van der Waals surface area contributed by atoms with Crippen LogP contribution in [0.2, 0.25) is 5.02 Å². The van der Waals surface area contributed by atoms with Gasteiger partial charge in [0.2, 0.25) is 5.91 Å². The third-order valence-corrected chi connectivity index (χ3v) is 5.06. The number of anilines is 1. The molecule has 5 nitrogen and oxygen atoms in total. The minimum Gasteiger partial charge on any atom is -0.399 e. The number of piperazine rings is 1. The lowest BCUT2D eigenvalue weighted by Crippen LogP contribution is -2.50. The van der Waals surface area contributed by atoms with Crippen LogP contribution in [0.25, 0.3) is 0 Å². The molecule has 1 aliphatic heterocycles. The Morgan fingerprint density at radius 2 is 1.68 bits per heavy atom. The summed E-state index contributed by atoms with van der Waals surface area (Å²) in [5, 5.41) is 0.0963. The zero-order chi connectivity index (χ0) is 19.4. The van der Waals surface area contributed by atoms with E-state index in [4.69, 9.17) is 17.3 Å². The Bertz CT molecular complexity index is 855. The van der Waals surface area contributed by atoms with Gasteiger partial charge in [0.05, 0.1) is 10.6 Å². The first-order valence-corrected chi connectivity index (χ1v) is 9.19. The van der Waals surface area contributed by atoms with Crippen LogP contribution < -0.4 is 5.73 Å². The normalized spacial score (nSPS) is 13.8. The van der Waals surface area contributed by atoms with Gasteiger partial charge in [-0.2, -0.15) is 0 Å². The average Bonchev–Trinajstić information content (AvgIpc) is 2.67. The molecule has 0 saturated carbocycles.